The van der Waals surface area contributed by atoms with Crippen LogP contribution in [0.5, 0.6) is 0 Å². The van der Waals surface area contributed by atoms with Gasteiger partial charge in [0.05, 0.1) is 12.2 Å². The van der Waals surface area contributed by atoms with Gasteiger partial charge in [-0.2, -0.15) is 5.10 Å². The Hall–Kier alpha value is -2.37. The Bertz CT molecular complexity index is 710. The summed E-state index contributed by atoms with van der Waals surface area (Å²) in [4.78, 5) is 23.8. The van der Waals surface area contributed by atoms with Crippen LogP contribution in [0.3, 0.4) is 0 Å². The minimum absolute atomic E-state index is 0.202. The van der Waals surface area contributed by atoms with Gasteiger partial charge in [0.15, 0.2) is 0 Å². The zero-order chi connectivity index (χ0) is 14.8. The van der Waals surface area contributed by atoms with Crippen LogP contribution >= 0.6 is 0 Å². The monoisotopic (exact) mass is 286 g/mol. The van der Waals surface area contributed by atoms with Crippen molar-refractivity contribution < 1.29 is 4.79 Å². The second-order valence-corrected chi connectivity index (χ2v) is 5.42. The summed E-state index contributed by atoms with van der Waals surface area (Å²) in [6.07, 6.45) is 7.87. The van der Waals surface area contributed by atoms with Crippen molar-refractivity contribution in [3.63, 3.8) is 0 Å². The molecule has 0 radical (unpaired) electrons. The fourth-order valence-corrected chi connectivity index (χ4v) is 2.73. The molecular formula is C15H18N4O2. The average Bonchev–Trinajstić information content (AvgIpc) is 3.12. The second-order valence-electron chi connectivity index (χ2n) is 5.42. The molecule has 1 amide bonds. The Kier molecular flexibility index (Phi) is 3.60. The van der Waals surface area contributed by atoms with Gasteiger partial charge in [0.1, 0.15) is 5.82 Å². The summed E-state index contributed by atoms with van der Waals surface area (Å²) in [5, 5.41) is 7.16. The topological polar surface area (TPSA) is 68.9 Å². The number of carbonyl (C=O) groups is 1. The van der Waals surface area contributed by atoms with Crippen molar-refractivity contribution in [2.75, 3.05) is 5.32 Å². The molecule has 1 saturated carbocycles. The number of hydrogen-bond acceptors (Lipinski definition) is 3. The van der Waals surface area contributed by atoms with E-state index in [1.807, 2.05) is 4.68 Å². The number of aromatic nitrogens is 3. The molecule has 0 saturated heterocycles. The summed E-state index contributed by atoms with van der Waals surface area (Å²) in [7, 11) is 1.65. The molecule has 0 atom stereocenters. The second kappa shape index (κ2) is 5.55. The van der Waals surface area contributed by atoms with E-state index in [0.29, 0.717) is 17.4 Å². The molecule has 21 heavy (non-hydrogen) atoms. The van der Waals surface area contributed by atoms with Gasteiger partial charge in [-0.3, -0.25) is 9.59 Å². The Labute approximate surface area is 122 Å². The summed E-state index contributed by atoms with van der Waals surface area (Å²) in [6, 6.07) is 5.12. The van der Waals surface area contributed by atoms with E-state index in [1.165, 1.54) is 23.5 Å². The molecular weight excluding hydrogens is 268 g/mol. The lowest BCUT2D eigenvalue weighted by Crippen LogP contribution is -2.21. The van der Waals surface area contributed by atoms with E-state index in [9.17, 15) is 9.59 Å². The molecule has 0 spiro atoms. The third kappa shape index (κ3) is 2.74. The van der Waals surface area contributed by atoms with E-state index >= 15 is 0 Å². The highest BCUT2D eigenvalue weighted by molar-refractivity contribution is 6.03. The maximum Gasteiger partial charge on any atom is 0.257 e. The molecule has 2 aromatic heterocycles. The molecule has 3 rings (SSSR count). The van der Waals surface area contributed by atoms with Crippen molar-refractivity contribution in [2.45, 2.75) is 31.7 Å². The first kappa shape index (κ1) is 13.6. The Morgan fingerprint density at radius 2 is 2.10 bits per heavy atom. The minimum atomic E-state index is -0.285. The number of nitrogens with one attached hydrogen (secondary N) is 1. The lowest BCUT2D eigenvalue weighted by molar-refractivity contribution is 0.102. The molecule has 2 aromatic rings. The van der Waals surface area contributed by atoms with Gasteiger partial charge in [0.25, 0.3) is 11.5 Å². The number of nitrogens with zero attached hydrogens (tertiary/aromatic N) is 3. The summed E-state index contributed by atoms with van der Waals surface area (Å²) in [6.45, 7) is 0. The zero-order valence-electron chi connectivity index (χ0n) is 12.0. The van der Waals surface area contributed by atoms with E-state index in [2.05, 4.69) is 10.4 Å². The molecule has 1 N–H and O–H groups in total. The molecule has 2 heterocycles. The SMILES string of the molecule is Cn1ccc(C(=O)Nc2ccnn2C2CCCC2)cc1=O. The molecule has 0 aliphatic heterocycles. The summed E-state index contributed by atoms with van der Waals surface area (Å²) in [5.41, 5.74) is 0.157. The van der Waals surface area contributed by atoms with Crippen LogP contribution in [-0.2, 0) is 7.05 Å². The largest absolute Gasteiger partial charge is 0.319 e. The smallest absolute Gasteiger partial charge is 0.257 e. The average molecular weight is 286 g/mol. The van der Waals surface area contributed by atoms with Crippen LogP contribution < -0.4 is 10.9 Å². The van der Waals surface area contributed by atoms with Crippen LogP contribution in [-0.4, -0.2) is 20.3 Å². The van der Waals surface area contributed by atoms with E-state index in [0.717, 1.165) is 12.8 Å². The van der Waals surface area contributed by atoms with Gasteiger partial charge in [-0.25, -0.2) is 4.68 Å². The normalized spacial score (nSPS) is 15.3. The lowest BCUT2D eigenvalue weighted by atomic mass is 10.2. The molecule has 1 aliphatic carbocycles. The highest BCUT2D eigenvalue weighted by Crippen LogP contribution is 2.31. The molecule has 0 aromatic carbocycles. The zero-order valence-corrected chi connectivity index (χ0v) is 12.0. The number of carbonyl (C=O) groups excluding carboxylic acids is 1. The van der Waals surface area contributed by atoms with Gasteiger partial charge in [0, 0.05) is 30.9 Å². The third-order valence-corrected chi connectivity index (χ3v) is 3.95. The molecule has 1 fully saturated rings. The predicted molar refractivity (Wildman–Crippen MR) is 79.4 cm³/mol. The Morgan fingerprint density at radius 1 is 1.33 bits per heavy atom. The first-order valence-electron chi connectivity index (χ1n) is 7.17. The number of amides is 1. The lowest BCUT2D eigenvalue weighted by Gasteiger charge is -2.14. The third-order valence-electron chi connectivity index (χ3n) is 3.95. The van der Waals surface area contributed by atoms with Crippen molar-refractivity contribution in [1.82, 2.24) is 14.3 Å². The van der Waals surface area contributed by atoms with Gasteiger partial charge >= 0.3 is 0 Å². The van der Waals surface area contributed by atoms with Crippen molar-refractivity contribution in [1.29, 1.82) is 0 Å². The van der Waals surface area contributed by atoms with Crippen LogP contribution in [0.4, 0.5) is 5.82 Å². The van der Waals surface area contributed by atoms with Gasteiger partial charge in [-0.15, -0.1) is 0 Å². The van der Waals surface area contributed by atoms with E-state index in [4.69, 9.17) is 0 Å². The van der Waals surface area contributed by atoms with Crippen molar-refractivity contribution in [2.24, 2.45) is 7.05 Å². The number of anilines is 1. The van der Waals surface area contributed by atoms with Gasteiger partial charge < -0.3 is 9.88 Å². The number of hydrogen-bond donors (Lipinski definition) is 1. The maximum absolute atomic E-state index is 12.2. The first-order valence-corrected chi connectivity index (χ1v) is 7.17. The van der Waals surface area contributed by atoms with E-state index in [-0.39, 0.29) is 11.5 Å². The molecule has 0 bridgehead atoms. The van der Waals surface area contributed by atoms with Crippen molar-refractivity contribution >= 4 is 11.7 Å². The highest BCUT2D eigenvalue weighted by atomic mass is 16.2. The molecule has 6 heteroatoms. The van der Waals surface area contributed by atoms with Gasteiger partial charge in [-0.05, 0) is 18.9 Å². The maximum atomic E-state index is 12.2. The molecule has 6 nitrogen and oxygen atoms in total. The van der Waals surface area contributed by atoms with Crippen LogP contribution in [0.1, 0.15) is 42.1 Å². The van der Waals surface area contributed by atoms with Crippen LogP contribution in [0.25, 0.3) is 0 Å². The van der Waals surface area contributed by atoms with Gasteiger partial charge in [-0.1, -0.05) is 12.8 Å². The summed E-state index contributed by atoms with van der Waals surface area (Å²) < 4.78 is 3.31. The standard InChI is InChI=1S/C15H18N4O2/c1-18-9-7-11(10-14(18)20)15(21)17-13-6-8-16-19(13)12-4-2-3-5-12/h6-10,12H,2-5H2,1H3,(H,17,21). The van der Waals surface area contributed by atoms with Crippen LogP contribution in [0.2, 0.25) is 0 Å². The highest BCUT2D eigenvalue weighted by Gasteiger charge is 2.20. The molecule has 1 aliphatic rings. The first-order chi connectivity index (χ1) is 10.1. The van der Waals surface area contributed by atoms with Crippen molar-refractivity contribution in [3.05, 3.63) is 46.5 Å². The van der Waals surface area contributed by atoms with Crippen molar-refractivity contribution in [3.8, 4) is 0 Å². The fraction of sp³-hybridized carbons (Fsp3) is 0.400. The van der Waals surface area contributed by atoms with Crippen LogP contribution in [0.15, 0.2) is 35.4 Å². The minimum Gasteiger partial charge on any atom is -0.319 e. The van der Waals surface area contributed by atoms with Gasteiger partial charge in [0.2, 0.25) is 0 Å². The number of rotatable bonds is 3. The Morgan fingerprint density at radius 3 is 2.81 bits per heavy atom. The predicted octanol–water partition coefficient (Wildman–Crippen LogP) is 1.95. The molecule has 110 valence electrons. The summed E-state index contributed by atoms with van der Waals surface area (Å²) in [5.74, 6) is 0.403. The van der Waals surface area contributed by atoms with E-state index < -0.39 is 0 Å². The summed E-state index contributed by atoms with van der Waals surface area (Å²) >= 11 is 0. The molecule has 0 unspecified atom stereocenters. The quantitative estimate of drug-likeness (QED) is 0.937. The Balaban J connectivity index is 1.80. The van der Waals surface area contributed by atoms with Crippen LogP contribution in [0, 0.1) is 0 Å². The number of aryl methyl sites for hydroxylation is 1. The van der Waals surface area contributed by atoms with E-state index in [1.54, 1.807) is 31.6 Å². The number of pyridine rings is 1. The fourth-order valence-electron chi connectivity index (χ4n) is 2.73.